The third-order valence-corrected chi connectivity index (χ3v) is 3.67. The van der Waals surface area contributed by atoms with Crippen LogP contribution in [0.4, 0.5) is 0 Å². The Balaban J connectivity index is 1.84. The van der Waals surface area contributed by atoms with Crippen LogP contribution in [0.15, 0.2) is 42.9 Å². The first-order valence-electron chi connectivity index (χ1n) is 7.50. The largest absolute Gasteiger partial charge is 0.350 e. The van der Waals surface area contributed by atoms with E-state index in [2.05, 4.69) is 20.6 Å². The van der Waals surface area contributed by atoms with Gasteiger partial charge in [0.25, 0.3) is 5.91 Å². The smallest absolute Gasteiger partial charge is 0.271 e. The predicted molar refractivity (Wildman–Crippen MR) is 91.6 cm³/mol. The molecule has 0 aliphatic rings. The number of benzene rings is 1. The molecule has 2 amide bonds. The molecule has 24 heavy (non-hydrogen) atoms. The Morgan fingerprint density at radius 3 is 2.71 bits per heavy atom. The molecule has 6 nitrogen and oxygen atoms in total. The number of carbonyl (C=O) groups excluding carboxylic acids is 2. The quantitative estimate of drug-likeness (QED) is 0.840. The summed E-state index contributed by atoms with van der Waals surface area (Å²) in [5.74, 6) is -0.524. The molecule has 0 unspecified atom stereocenters. The zero-order chi connectivity index (χ0) is 17.6. The van der Waals surface area contributed by atoms with Crippen LogP contribution < -0.4 is 10.6 Å². The van der Waals surface area contributed by atoms with Gasteiger partial charge in [0.05, 0.1) is 11.7 Å². The fourth-order valence-corrected chi connectivity index (χ4v) is 2.35. The van der Waals surface area contributed by atoms with E-state index in [9.17, 15) is 9.59 Å². The van der Waals surface area contributed by atoms with Gasteiger partial charge in [0.15, 0.2) is 0 Å². The van der Waals surface area contributed by atoms with Crippen molar-refractivity contribution in [2.75, 3.05) is 6.54 Å². The van der Waals surface area contributed by atoms with Crippen LogP contribution in [-0.2, 0) is 10.3 Å². The molecule has 1 aromatic heterocycles. The predicted octanol–water partition coefficient (Wildman–Crippen LogP) is 2.30. The van der Waals surface area contributed by atoms with E-state index in [0.29, 0.717) is 5.02 Å². The lowest BCUT2D eigenvalue weighted by atomic mass is 9.94. The average Bonchev–Trinajstić information content (AvgIpc) is 2.55. The van der Waals surface area contributed by atoms with Gasteiger partial charge >= 0.3 is 0 Å². The molecule has 2 aromatic rings. The van der Waals surface area contributed by atoms with Gasteiger partial charge in [-0.3, -0.25) is 14.6 Å². The standard InChI is InChI=1S/C17H19ClN4O2/c1-17(2,12-4-3-5-13(18)10-12)22-15(23)6-7-21-16(24)14-11-19-8-9-20-14/h3-5,8-11H,6-7H2,1-2H3,(H,21,24)(H,22,23). The van der Waals surface area contributed by atoms with Gasteiger partial charge in [0.1, 0.15) is 5.69 Å². The van der Waals surface area contributed by atoms with E-state index < -0.39 is 5.54 Å². The van der Waals surface area contributed by atoms with Crippen molar-refractivity contribution in [3.63, 3.8) is 0 Å². The van der Waals surface area contributed by atoms with Crippen LogP contribution in [0.3, 0.4) is 0 Å². The lowest BCUT2D eigenvalue weighted by Gasteiger charge is -2.27. The summed E-state index contributed by atoms with van der Waals surface area (Å²) in [5.41, 5.74) is 0.570. The monoisotopic (exact) mass is 346 g/mol. The molecule has 0 bridgehead atoms. The third-order valence-electron chi connectivity index (χ3n) is 3.43. The van der Waals surface area contributed by atoms with Crippen LogP contribution in [0.2, 0.25) is 5.02 Å². The first kappa shape index (κ1) is 17.9. The van der Waals surface area contributed by atoms with Gasteiger partial charge in [-0.1, -0.05) is 23.7 Å². The molecule has 2 N–H and O–H groups in total. The highest BCUT2D eigenvalue weighted by Crippen LogP contribution is 2.23. The fourth-order valence-electron chi connectivity index (χ4n) is 2.16. The van der Waals surface area contributed by atoms with Crippen molar-refractivity contribution in [2.45, 2.75) is 25.8 Å². The number of aromatic nitrogens is 2. The number of hydrogen-bond donors (Lipinski definition) is 2. The van der Waals surface area contributed by atoms with Crippen molar-refractivity contribution < 1.29 is 9.59 Å². The summed E-state index contributed by atoms with van der Waals surface area (Å²) >= 11 is 5.99. The second kappa shape index (κ2) is 7.88. The average molecular weight is 347 g/mol. The van der Waals surface area contributed by atoms with Crippen molar-refractivity contribution >= 4 is 23.4 Å². The minimum Gasteiger partial charge on any atom is -0.350 e. The third kappa shape index (κ3) is 5.03. The van der Waals surface area contributed by atoms with E-state index in [1.807, 2.05) is 32.0 Å². The van der Waals surface area contributed by atoms with Crippen LogP contribution in [0.5, 0.6) is 0 Å². The highest BCUT2D eigenvalue weighted by molar-refractivity contribution is 6.30. The molecule has 0 atom stereocenters. The van der Waals surface area contributed by atoms with Crippen molar-refractivity contribution in [3.05, 3.63) is 59.1 Å². The molecule has 0 saturated heterocycles. The summed E-state index contributed by atoms with van der Waals surface area (Å²) in [6.45, 7) is 4.01. The van der Waals surface area contributed by atoms with E-state index in [-0.39, 0.29) is 30.5 Å². The van der Waals surface area contributed by atoms with Crippen molar-refractivity contribution in [2.24, 2.45) is 0 Å². The second-order valence-electron chi connectivity index (χ2n) is 5.78. The Morgan fingerprint density at radius 2 is 2.04 bits per heavy atom. The summed E-state index contributed by atoms with van der Waals surface area (Å²) in [5, 5.41) is 6.19. The molecule has 0 aliphatic carbocycles. The first-order valence-corrected chi connectivity index (χ1v) is 7.87. The fraction of sp³-hybridized carbons (Fsp3) is 0.294. The topological polar surface area (TPSA) is 84.0 Å². The molecule has 0 fully saturated rings. The van der Waals surface area contributed by atoms with Crippen LogP contribution in [0.25, 0.3) is 0 Å². The summed E-state index contributed by atoms with van der Waals surface area (Å²) in [6.07, 6.45) is 4.46. The van der Waals surface area contributed by atoms with Gasteiger partial charge in [-0.05, 0) is 31.5 Å². The molecule has 2 rings (SSSR count). The van der Waals surface area contributed by atoms with Crippen LogP contribution in [0.1, 0.15) is 36.3 Å². The first-order chi connectivity index (χ1) is 11.4. The maximum absolute atomic E-state index is 12.1. The molecule has 0 saturated carbocycles. The Bertz CT molecular complexity index is 720. The Labute approximate surface area is 145 Å². The highest BCUT2D eigenvalue weighted by atomic mass is 35.5. The molecule has 0 radical (unpaired) electrons. The second-order valence-corrected chi connectivity index (χ2v) is 6.22. The molecule has 7 heteroatoms. The number of hydrogen-bond acceptors (Lipinski definition) is 4. The summed E-state index contributed by atoms with van der Waals surface area (Å²) in [6, 6.07) is 7.34. The molecular formula is C17H19ClN4O2. The maximum Gasteiger partial charge on any atom is 0.271 e. The number of rotatable bonds is 6. The van der Waals surface area contributed by atoms with Gasteiger partial charge in [0.2, 0.25) is 5.91 Å². The van der Waals surface area contributed by atoms with Gasteiger partial charge in [-0.25, -0.2) is 4.98 Å². The molecule has 0 spiro atoms. The van der Waals surface area contributed by atoms with Crippen LogP contribution >= 0.6 is 11.6 Å². The van der Waals surface area contributed by atoms with E-state index in [4.69, 9.17) is 11.6 Å². The van der Waals surface area contributed by atoms with Crippen LogP contribution in [0, 0.1) is 0 Å². The lowest BCUT2D eigenvalue weighted by molar-refractivity contribution is -0.122. The van der Waals surface area contributed by atoms with Crippen molar-refractivity contribution in [1.29, 1.82) is 0 Å². The molecule has 1 heterocycles. The van der Waals surface area contributed by atoms with Gasteiger partial charge in [-0.2, -0.15) is 0 Å². The Morgan fingerprint density at radius 1 is 1.25 bits per heavy atom. The van der Waals surface area contributed by atoms with Gasteiger partial charge in [0, 0.05) is 30.4 Å². The molecule has 1 aromatic carbocycles. The van der Waals surface area contributed by atoms with Crippen molar-refractivity contribution in [3.8, 4) is 0 Å². The zero-order valence-electron chi connectivity index (χ0n) is 13.5. The highest BCUT2D eigenvalue weighted by Gasteiger charge is 2.22. The minimum absolute atomic E-state index is 0.163. The normalized spacial score (nSPS) is 11.0. The number of amides is 2. The summed E-state index contributed by atoms with van der Waals surface area (Å²) in [7, 11) is 0. The van der Waals surface area contributed by atoms with Gasteiger partial charge in [-0.15, -0.1) is 0 Å². The van der Waals surface area contributed by atoms with E-state index in [1.165, 1.54) is 18.6 Å². The Kier molecular flexibility index (Phi) is 5.87. The zero-order valence-corrected chi connectivity index (χ0v) is 14.3. The number of carbonyl (C=O) groups is 2. The Hall–Kier alpha value is -2.47. The van der Waals surface area contributed by atoms with Gasteiger partial charge < -0.3 is 10.6 Å². The van der Waals surface area contributed by atoms with Crippen molar-refractivity contribution in [1.82, 2.24) is 20.6 Å². The molecule has 126 valence electrons. The molecular weight excluding hydrogens is 328 g/mol. The van der Waals surface area contributed by atoms with E-state index in [0.717, 1.165) is 5.56 Å². The SMILES string of the molecule is CC(C)(NC(=O)CCNC(=O)c1cnccn1)c1cccc(Cl)c1. The minimum atomic E-state index is -0.559. The van der Waals surface area contributed by atoms with E-state index >= 15 is 0 Å². The molecule has 0 aliphatic heterocycles. The number of nitrogens with zero attached hydrogens (tertiary/aromatic N) is 2. The number of nitrogens with one attached hydrogen (secondary N) is 2. The summed E-state index contributed by atoms with van der Waals surface area (Å²) < 4.78 is 0. The lowest BCUT2D eigenvalue weighted by Crippen LogP contribution is -2.42. The summed E-state index contributed by atoms with van der Waals surface area (Å²) in [4.78, 5) is 31.6. The number of halogens is 1. The van der Waals surface area contributed by atoms with E-state index in [1.54, 1.807) is 6.07 Å². The van der Waals surface area contributed by atoms with Crippen LogP contribution in [-0.4, -0.2) is 28.3 Å². The maximum atomic E-state index is 12.1.